The summed E-state index contributed by atoms with van der Waals surface area (Å²) in [6.07, 6.45) is 3.28. The molecule has 0 N–H and O–H groups in total. The van der Waals surface area contributed by atoms with Gasteiger partial charge in [0.15, 0.2) is 0 Å². The minimum Gasteiger partial charge on any atom is -0.403 e. The molecule has 0 aromatic heterocycles. The quantitative estimate of drug-likeness (QED) is 0.672. The highest BCUT2D eigenvalue weighted by atomic mass is 16.7. The lowest BCUT2D eigenvalue weighted by Gasteiger charge is -2.32. The molecule has 2 rings (SSSR count). The lowest BCUT2D eigenvalue weighted by atomic mass is 9.72. The summed E-state index contributed by atoms with van der Waals surface area (Å²) in [5, 5.41) is 0. The molecule has 1 atom stereocenters. The molecule has 0 bridgehead atoms. The highest BCUT2D eigenvalue weighted by Crippen LogP contribution is 2.39. The molecule has 1 heterocycles. The fraction of sp³-hybridized carbons (Fsp3) is 0.600. The Balaban J connectivity index is 2.12. The van der Waals surface area contributed by atoms with Crippen LogP contribution in [0.1, 0.15) is 54.0 Å². The topological polar surface area (TPSA) is 18.5 Å². The van der Waals surface area contributed by atoms with Crippen molar-refractivity contribution in [2.45, 2.75) is 66.0 Å². The first kappa shape index (κ1) is 18.3. The largest absolute Gasteiger partial charge is 0.458 e. The molecule has 0 aliphatic carbocycles. The second-order valence-corrected chi connectivity index (χ2v) is 8.05. The summed E-state index contributed by atoms with van der Waals surface area (Å²) < 4.78 is 12.4. The van der Waals surface area contributed by atoms with Crippen molar-refractivity contribution in [2.75, 3.05) is 0 Å². The summed E-state index contributed by atoms with van der Waals surface area (Å²) in [5.41, 5.74) is 2.10. The zero-order valence-corrected chi connectivity index (χ0v) is 15.7. The van der Waals surface area contributed by atoms with Crippen LogP contribution in [0.3, 0.4) is 0 Å². The van der Waals surface area contributed by atoms with Crippen molar-refractivity contribution >= 4 is 12.7 Å². The molecule has 1 aromatic rings. The van der Waals surface area contributed by atoms with E-state index in [-0.39, 0.29) is 18.3 Å². The van der Waals surface area contributed by atoms with Crippen molar-refractivity contribution in [1.29, 1.82) is 0 Å². The van der Waals surface area contributed by atoms with E-state index in [2.05, 4.69) is 84.9 Å². The molecule has 2 nitrogen and oxygen atoms in total. The van der Waals surface area contributed by atoms with Crippen LogP contribution in [0.2, 0.25) is 6.32 Å². The van der Waals surface area contributed by atoms with Gasteiger partial charge in [0.25, 0.3) is 0 Å². The summed E-state index contributed by atoms with van der Waals surface area (Å²) in [5.74, 6) is 0.984. The monoisotopic (exact) mass is 314 g/mol. The first-order chi connectivity index (χ1) is 10.6. The van der Waals surface area contributed by atoms with Crippen molar-refractivity contribution in [3.05, 3.63) is 42.0 Å². The van der Waals surface area contributed by atoms with Gasteiger partial charge in [-0.2, -0.15) is 0 Å². The zero-order chi connectivity index (χ0) is 17.3. The fourth-order valence-corrected chi connectivity index (χ4v) is 2.93. The van der Waals surface area contributed by atoms with Crippen molar-refractivity contribution in [3.63, 3.8) is 0 Å². The first-order valence-corrected chi connectivity index (χ1v) is 8.72. The predicted molar refractivity (Wildman–Crippen MR) is 99.3 cm³/mol. The van der Waals surface area contributed by atoms with E-state index in [1.165, 1.54) is 11.1 Å². The van der Waals surface area contributed by atoms with Gasteiger partial charge >= 0.3 is 7.12 Å². The molecule has 0 amide bonds. The highest BCUT2D eigenvalue weighted by molar-refractivity contribution is 6.45. The third-order valence-electron chi connectivity index (χ3n) is 5.32. The molecule has 23 heavy (non-hydrogen) atoms. The van der Waals surface area contributed by atoms with Crippen LogP contribution in [0, 0.1) is 11.8 Å². The second kappa shape index (κ2) is 6.82. The van der Waals surface area contributed by atoms with Gasteiger partial charge in [-0.05, 0) is 63.9 Å². The van der Waals surface area contributed by atoms with Crippen LogP contribution in [0.5, 0.6) is 0 Å². The van der Waals surface area contributed by atoms with E-state index in [0.29, 0.717) is 11.8 Å². The van der Waals surface area contributed by atoms with Gasteiger partial charge in [0.1, 0.15) is 0 Å². The number of benzene rings is 1. The molecule has 1 aliphatic heterocycles. The van der Waals surface area contributed by atoms with Crippen LogP contribution in [-0.2, 0) is 9.31 Å². The average Bonchev–Trinajstić information content (AvgIpc) is 2.66. The molecular formula is C20H31BO2. The van der Waals surface area contributed by atoms with E-state index in [9.17, 15) is 0 Å². The Hall–Kier alpha value is -1.06. The van der Waals surface area contributed by atoms with Crippen LogP contribution >= 0.6 is 0 Å². The van der Waals surface area contributed by atoms with Gasteiger partial charge in [-0.15, -0.1) is 0 Å². The molecule has 1 unspecified atom stereocenters. The van der Waals surface area contributed by atoms with E-state index in [1.807, 2.05) is 0 Å². The molecule has 0 spiro atoms. The Morgan fingerprint density at radius 1 is 1.04 bits per heavy atom. The van der Waals surface area contributed by atoms with Gasteiger partial charge in [-0.25, -0.2) is 0 Å². The van der Waals surface area contributed by atoms with Crippen LogP contribution < -0.4 is 0 Å². The Morgan fingerprint density at radius 3 is 2.04 bits per heavy atom. The maximum absolute atomic E-state index is 6.18. The van der Waals surface area contributed by atoms with E-state index in [4.69, 9.17) is 9.31 Å². The van der Waals surface area contributed by atoms with E-state index in [1.54, 1.807) is 0 Å². The highest BCUT2D eigenvalue weighted by Gasteiger charge is 2.51. The third kappa shape index (κ3) is 4.27. The maximum Gasteiger partial charge on any atom is 0.458 e. The van der Waals surface area contributed by atoms with E-state index < -0.39 is 0 Å². The van der Waals surface area contributed by atoms with Gasteiger partial charge in [0.2, 0.25) is 0 Å². The van der Waals surface area contributed by atoms with Gasteiger partial charge < -0.3 is 9.31 Å². The van der Waals surface area contributed by atoms with E-state index >= 15 is 0 Å². The molecule has 1 saturated heterocycles. The van der Waals surface area contributed by atoms with Crippen molar-refractivity contribution in [3.8, 4) is 0 Å². The van der Waals surface area contributed by atoms with Gasteiger partial charge in [0.05, 0.1) is 11.2 Å². The van der Waals surface area contributed by atoms with Crippen LogP contribution in [-0.4, -0.2) is 18.3 Å². The van der Waals surface area contributed by atoms with Crippen LogP contribution in [0.15, 0.2) is 36.4 Å². The predicted octanol–water partition coefficient (Wildman–Crippen LogP) is 5.45. The summed E-state index contributed by atoms with van der Waals surface area (Å²) in [6.45, 7) is 15.2. The standard InChI is InChI=1S/C20H31BO2/c1-15(2)18(13-16(3)17-11-9-8-10-12-17)14-21-22-19(4,5)20(6,7)23-21/h8-13,15,18H,14H2,1-7H3/b16-13+. The molecular weight excluding hydrogens is 283 g/mol. The third-order valence-corrected chi connectivity index (χ3v) is 5.32. The van der Waals surface area contributed by atoms with Gasteiger partial charge in [-0.1, -0.05) is 50.3 Å². The Kier molecular flexibility index (Phi) is 5.42. The average molecular weight is 314 g/mol. The molecule has 1 aromatic carbocycles. The smallest absolute Gasteiger partial charge is 0.403 e. The lowest BCUT2D eigenvalue weighted by molar-refractivity contribution is 0.00578. The van der Waals surface area contributed by atoms with E-state index in [0.717, 1.165) is 6.32 Å². The molecule has 126 valence electrons. The number of hydrogen-bond acceptors (Lipinski definition) is 2. The number of allylic oxidation sites excluding steroid dienone is 2. The summed E-state index contributed by atoms with van der Waals surface area (Å²) in [7, 11) is -0.132. The molecule has 0 radical (unpaired) electrons. The molecule has 1 aliphatic rings. The van der Waals surface area contributed by atoms with Gasteiger partial charge in [-0.3, -0.25) is 0 Å². The summed E-state index contributed by atoms with van der Waals surface area (Å²) in [6, 6.07) is 10.6. The summed E-state index contributed by atoms with van der Waals surface area (Å²) in [4.78, 5) is 0. The van der Waals surface area contributed by atoms with Gasteiger partial charge in [0, 0.05) is 0 Å². The Labute approximate surface area is 142 Å². The first-order valence-electron chi connectivity index (χ1n) is 8.72. The van der Waals surface area contributed by atoms with Crippen LogP contribution in [0.25, 0.3) is 5.57 Å². The number of hydrogen-bond donors (Lipinski definition) is 0. The lowest BCUT2D eigenvalue weighted by Crippen LogP contribution is -2.41. The zero-order valence-electron chi connectivity index (χ0n) is 15.7. The molecule has 1 fully saturated rings. The van der Waals surface area contributed by atoms with Crippen molar-refractivity contribution in [2.24, 2.45) is 11.8 Å². The Bertz CT molecular complexity index is 530. The Morgan fingerprint density at radius 2 is 1.57 bits per heavy atom. The minimum atomic E-state index is -0.253. The minimum absolute atomic E-state index is 0.132. The second-order valence-electron chi connectivity index (χ2n) is 8.05. The SMILES string of the molecule is C/C(=C\C(CB1OC(C)(C)C(C)(C)O1)C(C)C)c1ccccc1. The normalized spacial score (nSPS) is 21.7. The van der Waals surface area contributed by atoms with Crippen molar-refractivity contribution in [1.82, 2.24) is 0 Å². The molecule has 0 saturated carbocycles. The maximum atomic E-state index is 6.18. The van der Waals surface area contributed by atoms with Crippen molar-refractivity contribution < 1.29 is 9.31 Å². The summed E-state index contributed by atoms with van der Waals surface area (Å²) >= 11 is 0. The van der Waals surface area contributed by atoms with Crippen LogP contribution in [0.4, 0.5) is 0 Å². The number of rotatable bonds is 5. The fourth-order valence-electron chi connectivity index (χ4n) is 2.93. The molecule has 3 heteroatoms.